The summed E-state index contributed by atoms with van der Waals surface area (Å²) in [5.41, 5.74) is -0.519. The molecule has 0 aromatic heterocycles. The van der Waals surface area contributed by atoms with Crippen molar-refractivity contribution in [3.8, 4) is 0 Å². The lowest BCUT2D eigenvalue weighted by Crippen LogP contribution is -2.41. The lowest BCUT2D eigenvalue weighted by molar-refractivity contribution is 0.0505. The molecule has 96 valence electrons. The largest absolute Gasteiger partial charge is 0.390 e. The van der Waals surface area contributed by atoms with Gasteiger partial charge in [0, 0.05) is 13.1 Å². The standard InChI is InChI=1S/C13H28N2O/c1-4-14-10-12-6-5-8-15(11-12)9-7-13(2,3)16/h12,14,16H,4-11H2,1-3H3. The van der Waals surface area contributed by atoms with Gasteiger partial charge in [-0.2, -0.15) is 0 Å². The highest BCUT2D eigenvalue weighted by atomic mass is 16.3. The van der Waals surface area contributed by atoms with Gasteiger partial charge >= 0.3 is 0 Å². The van der Waals surface area contributed by atoms with Crippen molar-refractivity contribution >= 4 is 0 Å². The third-order valence-electron chi connectivity index (χ3n) is 3.33. The number of rotatable bonds is 6. The average Bonchev–Trinajstić information content (AvgIpc) is 2.23. The first-order valence-electron chi connectivity index (χ1n) is 6.66. The van der Waals surface area contributed by atoms with E-state index < -0.39 is 5.60 Å². The van der Waals surface area contributed by atoms with Gasteiger partial charge in [0.05, 0.1) is 5.60 Å². The van der Waals surface area contributed by atoms with Gasteiger partial charge in [-0.3, -0.25) is 0 Å². The maximum atomic E-state index is 9.72. The minimum atomic E-state index is -0.519. The van der Waals surface area contributed by atoms with Gasteiger partial charge in [-0.15, -0.1) is 0 Å². The predicted molar refractivity (Wildman–Crippen MR) is 68.6 cm³/mol. The number of hydrogen-bond acceptors (Lipinski definition) is 3. The van der Waals surface area contributed by atoms with Crippen LogP contribution in [-0.4, -0.2) is 48.3 Å². The average molecular weight is 228 g/mol. The molecule has 1 unspecified atom stereocenters. The fourth-order valence-electron chi connectivity index (χ4n) is 2.30. The molecular formula is C13H28N2O. The summed E-state index contributed by atoms with van der Waals surface area (Å²) in [6.45, 7) is 11.6. The van der Waals surface area contributed by atoms with Crippen molar-refractivity contribution in [3.63, 3.8) is 0 Å². The van der Waals surface area contributed by atoms with E-state index in [9.17, 15) is 5.11 Å². The minimum Gasteiger partial charge on any atom is -0.390 e. The summed E-state index contributed by atoms with van der Waals surface area (Å²) in [7, 11) is 0. The zero-order valence-electron chi connectivity index (χ0n) is 11.1. The van der Waals surface area contributed by atoms with Crippen molar-refractivity contribution < 1.29 is 5.11 Å². The third-order valence-corrected chi connectivity index (χ3v) is 3.33. The summed E-state index contributed by atoms with van der Waals surface area (Å²) >= 11 is 0. The molecule has 0 aromatic rings. The molecule has 0 radical (unpaired) electrons. The fraction of sp³-hybridized carbons (Fsp3) is 1.00. The van der Waals surface area contributed by atoms with E-state index >= 15 is 0 Å². The molecule has 3 nitrogen and oxygen atoms in total. The highest BCUT2D eigenvalue weighted by molar-refractivity contribution is 4.76. The van der Waals surface area contributed by atoms with E-state index in [4.69, 9.17) is 0 Å². The van der Waals surface area contributed by atoms with Crippen molar-refractivity contribution in [3.05, 3.63) is 0 Å². The summed E-state index contributed by atoms with van der Waals surface area (Å²) in [6, 6.07) is 0. The van der Waals surface area contributed by atoms with Crippen LogP contribution in [0.25, 0.3) is 0 Å². The molecule has 3 heteroatoms. The van der Waals surface area contributed by atoms with Crippen molar-refractivity contribution in [2.24, 2.45) is 5.92 Å². The van der Waals surface area contributed by atoms with E-state index in [1.807, 2.05) is 13.8 Å². The molecule has 0 amide bonds. The van der Waals surface area contributed by atoms with Crippen LogP contribution < -0.4 is 5.32 Å². The Bertz CT molecular complexity index is 189. The van der Waals surface area contributed by atoms with E-state index in [0.717, 1.165) is 32.0 Å². The summed E-state index contributed by atoms with van der Waals surface area (Å²) in [5, 5.41) is 13.2. The molecule has 1 saturated heterocycles. The van der Waals surface area contributed by atoms with Crippen molar-refractivity contribution in [1.82, 2.24) is 10.2 Å². The van der Waals surface area contributed by atoms with E-state index in [0.29, 0.717) is 0 Å². The van der Waals surface area contributed by atoms with Crippen molar-refractivity contribution in [2.75, 3.05) is 32.7 Å². The molecule has 16 heavy (non-hydrogen) atoms. The van der Waals surface area contributed by atoms with Gasteiger partial charge in [-0.05, 0) is 58.7 Å². The smallest absolute Gasteiger partial charge is 0.0603 e. The molecule has 1 rings (SSSR count). The monoisotopic (exact) mass is 228 g/mol. The van der Waals surface area contributed by atoms with Crippen LogP contribution >= 0.6 is 0 Å². The Morgan fingerprint density at radius 1 is 1.44 bits per heavy atom. The summed E-state index contributed by atoms with van der Waals surface area (Å²) < 4.78 is 0. The number of aliphatic hydroxyl groups is 1. The molecule has 0 aromatic carbocycles. The second kappa shape index (κ2) is 6.58. The molecule has 0 bridgehead atoms. The Hall–Kier alpha value is -0.120. The number of likely N-dealkylation sites (tertiary alicyclic amines) is 1. The molecule has 0 aliphatic carbocycles. The van der Waals surface area contributed by atoms with Crippen LogP contribution in [-0.2, 0) is 0 Å². The molecule has 1 aliphatic rings. The normalized spacial score (nSPS) is 23.6. The van der Waals surface area contributed by atoms with Crippen LogP contribution in [0, 0.1) is 5.92 Å². The molecule has 0 spiro atoms. The van der Waals surface area contributed by atoms with Gasteiger partial charge in [0.25, 0.3) is 0 Å². The first kappa shape index (κ1) is 13.9. The van der Waals surface area contributed by atoms with Gasteiger partial charge in [0.15, 0.2) is 0 Å². The Balaban J connectivity index is 2.22. The van der Waals surface area contributed by atoms with Crippen LogP contribution in [0.2, 0.25) is 0 Å². The topological polar surface area (TPSA) is 35.5 Å². The summed E-state index contributed by atoms with van der Waals surface area (Å²) in [5.74, 6) is 0.801. The number of nitrogens with one attached hydrogen (secondary N) is 1. The molecule has 0 saturated carbocycles. The quantitative estimate of drug-likeness (QED) is 0.722. The molecular weight excluding hydrogens is 200 g/mol. The Morgan fingerprint density at radius 2 is 2.19 bits per heavy atom. The maximum Gasteiger partial charge on any atom is 0.0603 e. The number of nitrogens with zero attached hydrogens (tertiary/aromatic N) is 1. The first-order valence-corrected chi connectivity index (χ1v) is 6.66. The molecule has 2 N–H and O–H groups in total. The third kappa shape index (κ3) is 5.83. The summed E-state index contributed by atoms with van der Waals surface area (Å²) in [4.78, 5) is 2.50. The van der Waals surface area contributed by atoms with Gasteiger partial charge in [-0.1, -0.05) is 6.92 Å². The number of piperidine rings is 1. The molecule has 1 aliphatic heterocycles. The molecule has 1 heterocycles. The van der Waals surface area contributed by atoms with E-state index in [1.54, 1.807) is 0 Å². The first-order chi connectivity index (χ1) is 7.51. The fourth-order valence-corrected chi connectivity index (χ4v) is 2.30. The SMILES string of the molecule is CCNCC1CCCN(CCC(C)(C)O)C1. The van der Waals surface area contributed by atoms with E-state index in [1.165, 1.54) is 25.9 Å². The highest BCUT2D eigenvalue weighted by Gasteiger charge is 2.21. The zero-order chi connectivity index (χ0) is 12.0. The lowest BCUT2D eigenvalue weighted by atomic mass is 9.97. The van der Waals surface area contributed by atoms with Crippen LogP contribution in [0.5, 0.6) is 0 Å². The molecule has 1 atom stereocenters. The van der Waals surface area contributed by atoms with Gasteiger partial charge in [0.2, 0.25) is 0 Å². The lowest BCUT2D eigenvalue weighted by Gasteiger charge is -2.34. The zero-order valence-corrected chi connectivity index (χ0v) is 11.1. The van der Waals surface area contributed by atoms with Gasteiger partial charge in [-0.25, -0.2) is 0 Å². The van der Waals surface area contributed by atoms with Crippen molar-refractivity contribution in [2.45, 2.75) is 45.6 Å². The van der Waals surface area contributed by atoms with Gasteiger partial charge in [0.1, 0.15) is 0 Å². The van der Waals surface area contributed by atoms with Crippen molar-refractivity contribution in [1.29, 1.82) is 0 Å². The van der Waals surface area contributed by atoms with Gasteiger partial charge < -0.3 is 15.3 Å². The second-order valence-electron chi connectivity index (χ2n) is 5.68. The second-order valence-corrected chi connectivity index (χ2v) is 5.68. The summed E-state index contributed by atoms with van der Waals surface area (Å²) in [6.07, 6.45) is 3.54. The molecule has 1 fully saturated rings. The minimum absolute atomic E-state index is 0.519. The van der Waals surface area contributed by atoms with E-state index in [2.05, 4.69) is 17.1 Å². The van der Waals surface area contributed by atoms with Crippen LogP contribution in [0.4, 0.5) is 0 Å². The Kier molecular flexibility index (Phi) is 5.73. The number of hydrogen-bond donors (Lipinski definition) is 2. The Labute approximate surface area is 100 Å². The predicted octanol–water partition coefficient (Wildman–Crippen LogP) is 1.47. The van der Waals surface area contributed by atoms with Crippen LogP contribution in [0.1, 0.15) is 40.0 Å². The highest BCUT2D eigenvalue weighted by Crippen LogP contribution is 2.17. The van der Waals surface area contributed by atoms with Crippen LogP contribution in [0.15, 0.2) is 0 Å². The van der Waals surface area contributed by atoms with Crippen LogP contribution in [0.3, 0.4) is 0 Å². The Morgan fingerprint density at radius 3 is 2.81 bits per heavy atom. The maximum absolute atomic E-state index is 9.72. The van der Waals surface area contributed by atoms with E-state index in [-0.39, 0.29) is 0 Å².